The van der Waals surface area contributed by atoms with Gasteiger partial charge in [0.2, 0.25) is 0 Å². The number of aliphatic hydroxyl groups is 1. The van der Waals surface area contributed by atoms with Crippen molar-refractivity contribution in [3.05, 3.63) is 35.9 Å². The van der Waals surface area contributed by atoms with Crippen molar-refractivity contribution in [2.45, 2.75) is 71.5 Å². The van der Waals surface area contributed by atoms with Crippen LogP contribution >= 0.6 is 0 Å². The highest BCUT2D eigenvalue weighted by Crippen LogP contribution is 2.35. The molecule has 2 rings (SSSR count). The smallest absolute Gasteiger partial charge is 0.306 e. The molecular formula is C21H32O3. The highest BCUT2D eigenvalue weighted by molar-refractivity contribution is 5.69. The number of rotatable bonds is 7. The van der Waals surface area contributed by atoms with Crippen molar-refractivity contribution in [3.63, 3.8) is 0 Å². The molecule has 0 aliphatic heterocycles. The van der Waals surface area contributed by atoms with Crippen molar-refractivity contribution in [1.82, 2.24) is 0 Å². The summed E-state index contributed by atoms with van der Waals surface area (Å²) >= 11 is 0. The van der Waals surface area contributed by atoms with E-state index in [4.69, 9.17) is 4.74 Å². The van der Waals surface area contributed by atoms with Crippen LogP contribution in [0.5, 0.6) is 0 Å². The summed E-state index contributed by atoms with van der Waals surface area (Å²) in [7, 11) is 0. The monoisotopic (exact) mass is 332 g/mol. The van der Waals surface area contributed by atoms with Gasteiger partial charge in [0.1, 0.15) is 6.10 Å². The molecule has 0 radical (unpaired) electrons. The number of hydrogen-bond donors (Lipinski definition) is 1. The van der Waals surface area contributed by atoms with Gasteiger partial charge in [-0.25, -0.2) is 0 Å². The molecule has 0 spiro atoms. The van der Waals surface area contributed by atoms with E-state index in [0.29, 0.717) is 37.0 Å². The molecule has 1 aliphatic rings. The topological polar surface area (TPSA) is 46.5 Å². The maximum Gasteiger partial charge on any atom is 0.306 e. The van der Waals surface area contributed by atoms with E-state index in [9.17, 15) is 9.90 Å². The van der Waals surface area contributed by atoms with Crippen molar-refractivity contribution < 1.29 is 14.6 Å². The van der Waals surface area contributed by atoms with Gasteiger partial charge in [-0.15, -0.1) is 0 Å². The highest BCUT2D eigenvalue weighted by Gasteiger charge is 2.33. The van der Waals surface area contributed by atoms with Crippen LogP contribution in [-0.2, 0) is 9.53 Å². The van der Waals surface area contributed by atoms with Crippen molar-refractivity contribution >= 4 is 5.97 Å². The molecule has 3 heteroatoms. The molecule has 0 saturated heterocycles. The second kappa shape index (κ2) is 9.22. The molecule has 0 amide bonds. The number of hydrogen-bond acceptors (Lipinski definition) is 3. The largest absolute Gasteiger partial charge is 0.462 e. The van der Waals surface area contributed by atoms with E-state index in [1.165, 1.54) is 6.42 Å². The van der Waals surface area contributed by atoms with Gasteiger partial charge in [-0.2, -0.15) is 0 Å². The van der Waals surface area contributed by atoms with E-state index in [1.54, 1.807) is 0 Å². The fraction of sp³-hybridized carbons (Fsp3) is 0.667. The minimum atomic E-state index is -0.503. The van der Waals surface area contributed by atoms with E-state index in [-0.39, 0.29) is 12.1 Å². The summed E-state index contributed by atoms with van der Waals surface area (Å²) < 4.78 is 5.80. The predicted molar refractivity (Wildman–Crippen MR) is 96.5 cm³/mol. The zero-order chi connectivity index (χ0) is 17.5. The number of carbonyl (C=O) groups excluding carboxylic acids is 1. The Kier molecular flexibility index (Phi) is 7.29. The summed E-state index contributed by atoms with van der Waals surface area (Å²) in [6.45, 7) is 6.68. The molecule has 1 aromatic rings. The Morgan fingerprint density at radius 3 is 2.62 bits per heavy atom. The maximum atomic E-state index is 12.2. The van der Waals surface area contributed by atoms with E-state index >= 15 is 0 Å². The molecular weight excluding hydrogens is 300 g/mol. The van der Waals surface area contributed by atoms with Gasteiger partial charge >= 0.3 is 5.97 Å². The molecule has 1 N–H and O–H groups in total. The summed E-state index contributed by atoms with van der Waals surface area (Å²) in [6, 6.07) is 9.61. The molecule has 1 aliphatic carbocycles. The van der Waals surface area contributed by atoms with Gasteiger partial charge < -0.3 is 9.84 Å². The molecule has 134 valence electrons. The first-order chi connectivity index (χ1) is 11.5. The summed E-state index contributed by atoms with van der Waals surface area (Å²) in [4.78, 5) is 12.2. The lowest BCUT2D eigenvalue weighted by Gasteiger charge is -2.36. The molecule has 24 heavy (non-hydrogen) atoms. The summed E-state index contributed by atoms with van der Waals surface area (Å²) in [6.07, 6.45) is 4.58. The molecule has 0 aromatic heterocycles. The molecule has 0 heterocycles. The van der Waals surface area contributed by atoms with Crippen molar-refractivity contribution in [1.29, 1.82) is 0 Å². The Labute approximate surface area is 146 Å². The van der Waals surface area contributed by atoms with Crippen molar-refractivity contribution in [2.24, 2.45) is 17.8 Å². The lowest BCUT2D eigenvalue weighted by Crippen LogP contribution is -2.35. The second-order valence-corrected chi connectivity index (χ2v) is 7.67. The summed E-state index contributed by atoms with van der Waals surface area (Å²) in [5.41, 5.74) is 0.909. The summed E-state index contributed by atoms with van der Waals surface area (Å²) in [5.74, 6) is 1.56. The number of esters is 1. The quantitative estimate of drug-likeness (QED) is 0.723. The maximum absolute atomic E-state index is 12.2. The van der Waals surface area contributed by atoms with Crippen LogP contribution in [0.15, 0.2) is 30.3 Å². The Morgan fingerprint density at radius 2 is 1.96 bits per heavy atom. The Hall–Kier alpha value is -1.35. The Morgan fingerprint density at radius 1 is 1.25 bits per heavy atom. The van der Waals surface area contributed by atoms with Gasteiger partial charge in [-0.05, 0) is 49.0 Å². The van der Waals surface area contributed by atoms with E-state index in [0.717, 1.165) is 18.4 Å². The van der Waals surface area contributed by atoms with Gasteiger partial charge in [0.25, 0.3) is 0 Å². The first-order valence-electron chi connectivity index (χ1n) is 9.40. The zero-order valence-corrected chi connectivity index (χ0v) is 15.3. The standard InChI is InChI=1S/C21H32O3/c1-15(2)18-13-12-16(3)14-20(18)24-21(23)11-7-10-19(22)17-8-5-4-6-9-17/h4-6,8-9,15-16,18-20,22H,7,10-14H2,1-3H3/t16-,18+,19+,20-/m1/s1. The predicted octanol–water partition coefficient (Wildman–Crippen LogP) is 4.89. The van der Waals surface area contributed by atoms with E-state index < -0.39 is 6.10 Å². The lowest BCUT2D eigenvalue weighted by molar-refractivity contribution is -0.156. The molecule has 1 saturated carbocycles. The SMILES string of the molecule is CC(C)[C@@H]1CC[C@@H](C)C[C@H]1OC(=O)CCC[C@H](O)c1ccccc1. The molecule has 0 unspecified atom stereocenters. The van der Waals surface area contributed by atoms with Crippen LogP contribution in [0, 0.1) is 17.8 Å². The molecule has 3 nitrogen and oxygen atoms in total. The third-order valence-corrected chi connectivity index (χ3v) is 5.29. The minimum Gasteiger partial charge on any atom is -0.462 e. The first kappa shape index (κ1) is 19.0. The van der Waals surface area contributed by atoms with Gasteiger partial charge in [-0.1, -0.05) is 57.5 Å². The third kappa shape index (κ3) is 5.62. The molecule has 1 aromatic carbocycles. The lowest BCUT2D eigenvalue weighted by atomic mass is 9.75. The van der Waals surface area contributed by atoms with Gasteiger partial charge in [0, 0.05) is 6.42 Å². The molecule has 4 atom stereocenters. The van der Waals surface area contributed by atoms with Crippen molar-refractivity contribution in [2.75, 3.05) is 0 Å². The van der Waals surface area contributed by atoms with E-state index in [2.05, 4.69) is 20.8 Å². The van der Waals surface area contributed by atoms with Gasteiger partial charge in [0.15, 0.2) is 0 Å². The summed E-state index contributed by atoms with van der Waals surface area (Å²) in [5, 5.41) is 10.2. The third-order valence-electron chi connectivity index (χ3n) is 5.29. The fourth-order valence-electron chi connectivity index (χ4n) is 3.76. The number of benzene rings is 1. The fourth-order valence-corrected chi connectivity index (χ4v) is 3.76. The average Bonchev–Trinajstić information content (AvgIpc) is 2.55. The van der Waals surface area contributed by atoms with Crippen LogP contribution in [0.1, 0.15) is 71.0 Å². The Balaban J connectivity index is 1.76. The van der Waals surface area contributed by atoms with Crippen LogP contribution in [-0.4, -0.2) is 17.2 Å². The van der Waals surface area contributed by atoms with Crippen LogP contribution in [0.25, 0.3) is 0 Å². The number of ether oxygens (including phenoxy) is 1. The van der Waals surface area contributed by atoms with Crippen LogP contribution in [0.2, 0.25) is 0 Å². The number of carbonyl (C=O) groups is 1. The normalized spacial score (nSPS) is 25.5. The Bertz CT molecular complexity index is 497. The van der Waals surface area contributed by atoms with Gasteiger partial charge in [-0.3, -0.25) is 4.79 Å². The zero-order valence-electron chi connectivity index (χ0n) is 15.3. The number of aliphatic hydroxyl groups excluding tert-OH is 1. The van der Waals surface area contributed by atoms with E-state index in [1.807, 2.05) is 30.3 Å². The van der Waals surface area contributed by atoms with Crippen molar-refractivity contribution in [3.8, 4) is 0 Å². The molecule has 1 fully saturated rings. The first-order valence-corrected chi connectivity index (χ1v) is 9.40. The second-order valence-electron chi connectivity index (χ2n) is 7.67. The van der Waals surface area contributed by atoms with Crippen LogP contribution in [0.3, 0.4) is 0 Å². The average molecular weight is 332 g/mol. The molecule has 0 bridgehead atoms. The highest BCUT2D eigenvalue weighted by atomic mass is 16.5. The minimum absolute atomic E-state index is 0.0697. The van der Waals surface area contributed by atoms with Gasteiger partial charge in [0.05, 0.1) is 6.10 Å². The van der Waals surface area contributed by atoms with Crippen LogP contribution in [0.4, 0.5) is 0 Å². The van der Waals surface area contributed by atoms with Crippen LogP contribution < -0.4 is 0 Å².